The number of carbonyl (C=O) groups is 1. The minimum atomic E-state index is -0.0437. The van der Waals surface area contributed by atoms with Crippen LogP contribution in [0.15, 0.2) is 18.2 Å². The third-order valence-corrected chi connectivity index (χ3v) is 3.91. The first-order chi connectivity index (χ1) is 9.63. The zero-order valence-corrected chi connectivity index (χ0v) is 12.3. The van der Waals surface area contributed by atoms with Gasteiger partial charge in [0.15, 0.2) is 6.61 Å². The first-order valence-electron chi connectivity index (χ1n) is 7.23. The Labute approximate surface area is 120 Å². The Morgan fingerprint density at radius 2 is 2.05 bits per heavy atom. The number of ether oxygens (including phenoxy) is 1. The van der Waals surface area contributed by atoms with Gasteiger partial charge in [-0.15, -0.1) is 0 Å². The fourth-order valence-corrected chi connectivity index (χ4v) is 2.76. The standard InChI is InChI=1S/C16H23NO3/c1-12-6-5-7-13(2)16(12)20-11-15(19)17-9-4-3-8-14(17)10-18/h5-7,14,18H,3-4,8-11H2,1-2H3. The molecule has 1 unspecified atom stereocenters. The molecule has 1 saturated heterocycles. The summed E-state index contributed by atoms with van der Waals surface area (Å²) in [5, 5.41) is 9.35. The molecule has 1 atom stereocenters. The van der Waals surface area contributed by atoms with Crippen LogP contribution in [-0.4, -0.2) is 41.7 Å². The predicted molar refractivity (Wildman–Crippen MR) is 77.8 cm³/mol. The molecule has 0 bridgehead atoms. The number of hydrogen-bond acceptors (Lipinski definition) is 3. The molecule has 4 heteroatoms. The van der Waals surface area contributed by atoms with Crippen molar-refractivity contribution in [1.82, 2.24) is 4.90 Å². The summed E-state index contributed by atoms with van der Waals surface area (Å²) in [6.45, 7) is 4.76. The molecule has 1 fully saturated rings. The van der Waals surface area contributed by atoms with Crippen molar-refractivity contribution in [3.63, 3.8) is 0 Å². The van der Waals surface area contributed by atoms with E-state index in [1.165, 1.54) is 0 Å². The van der Waals surface area contributed by atoms with E-state index in [0.717, 1.165) is 42.7 Å². The lowest BCUT2D eigenvalue weighted by molar-refractivity contribution is -0.138. The molecule has 1 heterocycles. The summed E-state index contributed by atoms with van der Waals surface area (Å²) in [5.41, 5.74) is 2.07. The number of rotatable bonds is 4. The molecule has 0 spiro atoms. The summed E-state index contributed by atoms with van der Waals surface area (Å²) in [5.74, 6) is 0.754. The summed E-state index contributed by atoms with van der Waals surface area (Å²) in [6, 6.07) is 5.89. The van der Waals surface area contributed by atoms with Crippen LogP contribution in [0.5, 0.6) is 5.75 Å². The van der Waals surface area contributed by atoms with Crippen molar-refractivity contribution in [2.75, 3.05) is 19.8 Å². The molecule has 110 valence electrons. The number of piperidine rings is 1. The highest BCUT2D eigenvalue weighted by molar-refractivity contribution is 5.78. The van der Waals surface area contributed by atoms with Crippen molar-refractivity contribution in [1.29, 1.82) is 0 Å². The summed E-state index contributed by atoms with van der Waals surface area (Å²) >= 11 is 0. The molecule has 1 amide bonds. The van der Waals surface area contributed by atoms with Gasteiger partial charge in [0.2, 0.25) is 0 Å². The molecule has 1 aromatic rings. The van der Waals surface area contributed by atoms with E-state index in [1.807, 2.05) is 32.0 Å². The van der Waals surface area contributed by atoms with Crippen LogP contribution in [0.4, 0.5) is 0 Å². The largest absolute Gasteiger partial charge is 0.483 e. The van der Waals surface area contributed by atoms with Gasteiger partial charge in [0.25, 0.3) is 5.91 Å². The number of carbonyl (C=O) groups excluding carboxylic acids is 1. The van der Waals surface area contributed by atoms with Gasteiger partial charge >= 0.3 is 0 Å². The van der Waals surface area contributed by atoms with Crippen LogP contribution >= 0.6 is 0 Å². The first kappa shape index (κ1) is 14.9. The fourth-order valence-electron chi connectivity index (χ4n) is 2.76. The summed E-state index contributed by atoms with van der Waals surface area (Å²) in [6.07, 6.45) is 2.96. The number of nitrogens with zero attached hydrogens (tertiary/aromatic N) is 1. The summed E-state index contributed by atoms with van der Waals surface area (Å²) in [4.78, 5) is 14.0. The fraction of sp³-hybridized carbons (Fsp3) is 0.562. The van der Waals surface area contributed by atoms with Crippen molar-refractivity contribution in [3.05, 3.63) is 29.3 Å². The van der Waals surface area contributed by atoms with E-state index in [2.05, 4.69) is 0 Å². The molecule has 2 rings (SSSR count). The number of likely N-dealkylation sites (tertiary alicyclic amines) is 1. The van der Waals surface area contributed by atoms with E-state index >= 15 is 0 Å². The third kappa shape index (κ3) is 3.31. The lowest BCUT2D eigenvalue weighted by atomic mass is 10.0. The normalized spacial score (nSPS) is 18.9. The van der Waals surface area contributed by atoms with Crippen molar-refractivity contribution >= 4 is 5.91 Å². The molecule has 1 N–H and O–H groups in total. The van der Waals surface area contributed by atoms with Crippen LogP contribution in [0.3, 0.4) is 0 Å². The number of aliphatic hydroxyl groups excluding tert-OH is 1. The highest BCUT2D eigenvalue weighted by atomic mass is 16.5. The van der Waals surface area contributed by atoms with Crippen molar-refractivity contribution < 1.29 is 14.6 Å². The third-order valence-electron chi connectivity index (χ3n) is 3.91. The SMILES string of the molecule is Cc1cccc(C)c1OCC(=O)N1CCCCC1CO. The predicted octanol–water partition coefficient (Wildman–Crippen LogP) is 2.06. The Balaban J connectivity index is 1.98. The van der Waals surface area contributed by atoms with Gasteiger partial charge in [-0.1, -0.05) is 18.2 Å². The zero-order chi connectivity index (χ0) is 14.5. The quantitative estimate of drug-likeness (QED) is 0.916. The van der Waals surface area contributed by atoms with Gasteiger partial charge in [0, 0.05) is 6.54 Å². The molecular weight excluding hydrogens is 254 g/mol. The Morgan fingerprint density at radius 1 is 1.35 bits per heavy atom. The lowest BCUT2D eigenvalue weighted by Crippen LogP contribution is -2.47. The molecule has 20 heavy (non-hydrogen) atoms. The molecule has 1 aliphatic rings. The van der Waals surface area contributed by atoms with Gasteiger partial charge in [0.05, 0.1) is 12.6 Å². The van der Waals surface area contributed by atoms with Crippen LogP contribution in [0, 0.1) is 13.8 Å². The van der Waals surface area contributed by atoms with Gasteiger partial charge in [-0.3, -0.25) is 4.79 Å². The van der Waals surface area contributed by atoms with Gasteiger partial charge in [-0.05, 0) is 44.2 Å². The summed E-state index contributed by atoms with van der Waals surface area (Å²) < 4.78 is 5.70. The van der Waals surface area contributed by atoms with E-state index in [4.69, 9.17) is 4.74 Å². The van der Waals surface area contributed by atoms with Crippen LogP contribution in [-0.2, 0) is 4.79 Å². The van der Waals surface area contributed by atoms with Gasteiger partial charge in [-0.2, -0.15) is 0 Å². The maximum Gasteiger partial charge on any atom is 0.260 e. The summed E-state index contributed by atoms with van der Waals surface area (Å²) in [7, 11) is 0. The maximum absolute atomic E-state index is 12.3. The Hall–Kier alpha value is -1.55. The minimum absolute atomic E-state index is 0.0357. The molecule has 0 aliphatic carbocycles. The number of amides is 1. The minimum Gasteiger partial charge on any atom is -0.483 e. The van der Waals surface area contributed by atoms with Gasteiger partial charge in [-0.25, -0.2) is 0 Å². The number of para-hydroxylation sites is 1. The smallest absolute Gasteiger partial charge is 0.260 e. The van der Waals surface area contributed by atoms with Crippen LogP contribution < -0.4 is 4.74 Å². The van der Waals surface area contributed by atoms with Crippen molar-refractivity contribution in [3.8, 4) is 5.75 Å². The molecule has 4 nitrogen and oxygen atoms in total. The van der Waals surface area contributed by atoms with E-state index in [1.54, 1.807) is 4.90 Å². The van der Waals surface area contributed by atoms with E-state index in [9.17, 15) is 9.90 Å². The Bertz CT molecular complexity index is 453. The van der Waals surface area contributed by atoms with Crippen molar-refractivity contribution in [2.24, 2.45) is 0 Å². The number of hydrogen-bond donors (Lipinski definition) is 1. The molecule has 0 radical (unpaired) electrons. The van der Waals surface area contributed by atoms with E-state index < -0.39 is 0 Å². The van der Waals surface area contributed by atoms with Gasteiger partial charge in [0.1, 0.15) is 5.75 Å². The van der Waals surface area contributed by atoms with E-state index in [0.29, 0.717) is 0 Å². The van der Waals surface area contributed by atoms with E-state index in [-0.39, 0.29) is 25.2 Å². The second-order valence-corrected chi connectivity index (χ2v) is 5.43. The number of aryl methyl sites for hydroxylation is 2. The molecule has 0 aromatic heterocycles. The number of benzene rings is 1. The Morgan fingerprint density at radius 3 is 2.70 bits per heavy atom. The number of aliphatic hydroxyl groups is 1. The highest BCUT2D eigenvalue weighted by Gasteiger charge is 2.26. The topological polar surface area (TPSA) is 49.8 Å². The average molecular weight is 277 g/mol. The highest BCUT2D eigenvalue weighted by Crippen LogP contribution is 2.23. The lowest BCUT2D eigenvalue weighted by Gasteiger charge is -2.34. The van der Waals surface area contributed by atoms with Crippen LogP contribution in [0.25, 0.3) is 0 Å². The zero-order valence-electron chi connectivity index (χ0n) is 12.3. The first-order valence-corrected chi connectivity index (χ1v) is 7.23. The molecule has 1 aromatic carbocycles. The monoisotopic (exact) mass is 277 g/mol. The van der Waals surface area contributed by atoms with Crippen molar-refractivity contribution in [2.45, 2.75) is 39.2 Å². The van der Waals surface area contributed by atoms with Crippen LogP contribution in [0.1, 0.15) is 30.4 Å². The second-order valence-electron chi connectivity index (χ2n) is 5.43. The van der Waals surface area contributed by atoms with Gasteiger partial charge < -0.3 is 14.7 Å². The Kier molecular flexibility index (Phi) is 5.01. The maximum atomic E-state index is 12.3. The molecule has 0 saturated carbocycles. The van der Waals surface area contributed by atoms with Crippen LogP contribution in [0.2, 0.25) is 0 Å². The second kappa shape index (κ2) is 6.75. The molecule has 1 aliphatic heterocycles. The average Bonchev–Trinajstić information content (AvgIpc) is 2.46. The molecular formula is C16H23NO3.